The van der Waals surface area contributed by atoms with Gasteiger partial charge in [-0.25, -0.2) is 14.5 Å². The normalized spacial score (nSPS) is 11.1. The molecule has 27 heavy (non-hydrogen) atoms. The number of rotatable bonds is 3. The molecular weight excluding hydrogens is 360 g/mol. The van der Waals surface area contributed by atoms with E-state index in [0.717, 1.165) is 22.6 Å². The Kier molecular flexibility index (Phi) is 4.19. The van der Waals surface area contributed by atoms with Gasteiger partial charge in [-0.2, -0.15) is 4.98 Å². The summed E-state index contributed by atoms with van der Waals surface area (Å²) in [5.41, 5.74) is 6.00. The number of nitrogens with one attached hydrogen (secondary N) is 1. The molecule has 3 aromatic heterocycles. The van der Waals surface area contributed by atoms with E-state index in [1.165, 1.54) is 22.5 Å². The van der Waals surface area contributed by atoms with Crippen LogP contribution in [0.5, 0.6) is 0 Å². The molecule has 136 valence electrons. The highest BCUT2D eigenvalue weighted by atomic mass is 32.1. The Balaban J connectivity index is 1.57. The van der Waals surface area contributed by atoms with Crippen LogP contribution >= 0.6 is 11.3 Å². The molecule has 0 aliphatic carbocycles. The Hall–Kier alpha value is -3.13. The molecule has 4 rings (SSSR count). The number of aromatic nitrogens is 5. The van der Waals surface area contributed by atoms with Crippen LogP contribution in [0.1, 0.15) is 33.1 Å². The van der Waals surface area contributed by atoms with E-state index in [1.807, 2.05) is 31.4 Å². The highest BCUT2D eigenvalue weighted by Crippen LogP contribution is 2.26. The van der Waals surface area contributed by atoms with E-state index < -0.39 is 5.91 Å². The Morgan fingerprint density at radius 1 is 1.04 bits per heavy atom. The average Bonchev–Trinajstić information content (AvgIpc) is 3.24. The van der Waals surface area contributed by atoms with Crippen molar-refractivity contribution in [3.63, 3.8) is 0 Å². The van der Waals surface area contributed by atoms with Gasteiger partial charge in [-0.05, 0) is 51.0 Å². The molecule has 0 saturated carbocycles. The lowest BCUT2D eigenvalue weighted by Crippen LogP contribution is -2.13. The van der Waals surface area contributed by atoms with Crippen molar-refractivity contribution in [2.75, 3.05) is 5.32 Å². The predicted molar refractivity (Wildman–Crippen MR) is 105 cm³/mol. The molecular formula is C19H18N6OS. The summed E-state index contributed by atoms with van der Waals surface area (Å²) in [6.45, 7) is 7.92. The highest BCUT2D eigenvalue weighted by Gasteiger charge is 2.17. The maximum absolute atomic E-state index is 12.5. The minimum Gasteiger partial charge on any atom is -0.295 e. The van der Waals surface area contributed by atoms with E-state index in [1.54, 1.807) is 4.52 Å². The molecule has 1 amide bonds. The number of benzene rings is 1. The summed E-state index contributed by atoms with van der Waals surface area (Å²) >= 11 is 1.37. The van der Waals surface area contributed by atoms with E-state index in [-0.39, 0.29) is 5.82 Å². The second-order valence-electron chi connectivity index (χ2n) is 6.48. The summed E-state index contributed by atoms with van der Waals surface area (Å²) in [6, 6.07) is 8.08. The van der Waals surface area contributed by atoms with Crippen molar-refractivity contribution < 1.29 is 4.79 Å². The summed E-state index contributed by atoms with van der Waals surface area (Å²) in [7, 11) is 0. The van der Waals surface area contributed by atoms with Crippen molar-refractivity contribution >= 4 is 28.2 Å². The second kappa shape index (κ2) is 6.55. The number of carbonyl (C=O) groups excluding carboxylic acids is 1. The third-order valence-electron chi connectivity index (χ3n) is 4.35. The van der Waals surface area contributed by atoms with Gasteiger partial charge in [0.2, 0.25) is 5.82 Å². The average molecular weight is 378 g/mol. The number of hydrogen-bond donors (Lipinski definition) is 1. The zero-order valence-corrected chi connectivity index (χ0v) is 16.3. The third kappa shape index (κ3) is 3.31. The zero-order valence-electron chi connectivity index (χ0n) is 15.4. The Bertz CT molecular complexity index is 1180. The second-order valence-corrected chi connectivity index (χ2v) is 7.34. The van der Waals surface area contributed by atoms with E-state index in [0.29, 0.717) is 10.9 Å². The molecule has 4 aromatic rings. The van der Waals surface area contributed by atoms with Crippen molar-refractivity contribution in [1.82, 2.24) is 24.6 Å². The van der Waals surface area contributed by atoms with Gasteiger partial charge >= 0.3 is 0 Å². The Morgan fingerprint density at radius 2 is 1.85 bits per heavy atom. The van der Waals surface area contributed by atoms with Crippen LogP contribution in [0.15, 0.2) is 29.6 Å². The molecule has 0 bridgehead atoms. The lowest BCUT2D eigenvalue weighted by molar-refractivity contribution is 0.101. The van der Waals surface area contributed by atoms with Gasteiger partial charge in [-0.1, -0.05) is 12.1 Å². The zero-order chi connectivity index (χ0) is 19.1. The summed E-state index contributed by atoms with van der Waals surface area (Å²) in [5.74, 6) is 0.0743. The Labute approximate surface area is 160 Å². The molecule has 0 aliphatic rings. The van der Waals surface area contributed by atoms with Crippen LogP contribution < -0.4 is 5.32 Å². The van der Waals surface area contributed by atoms with Gasteiger partial charge in [0.05, 0.1) is 5.69 Å². The first kappa shape index (κ1) is 17.3. The van der Waals surface area contributed by atoms with Crippen LogP contribution in [0.2, 0.25) is 0 Å². The van der Waals surface area contributed by atoms with E-state index in [9.17, 15) is 4.79 Å². The molecule has 0 atom stereocenters. The van der Waals surface area contributed by atoms with Gasteiger partial charge in [0.15, 0.2) is 5.13 Å². The summed E-state index contributed by atoms with van der Waals surface area (Å²) in [5, 5.41) is 9.45. The standard InChI is InChI=1S/C19H18N6OS/c1-10-5-6-14(7-11(10)2)15-9-27-19(21-15)23-17(26)16-22-18-20-12(3)8-13(4)25(18)24-16/h5-9H,1-4H3,(H,21,23,26). The largest absolute Gasteiger partial charge is 0.297 e. The first-order valence-electron chi connectivity index (χ1n) is 8.46. The number of nitrogens with zero attached hydrogens (tertiary/aromatic N) is 5. The molecule has 0 radical (unpaired) electrons. The molecule has 1 aromatic carbocycles. The van der Waals surface area contributed by atoms with Gasteiger partial charge in [-0.15, -0.1) is 16.4 Å². The molecule has 1 N–H and O–H groups in total. The summed E-state index contributed by atoms with van der Waals surface area (Å²) < 4.78 is 1.56. The maximum atomic E-state index is 12.5. The molecule has 0 saturated heterocycles. The van der Waals surface area contributed by atoms with Crippen LogP contribution in [0.3, 0.4) is 0 Å². The quantitative estimate of drug-likeness (QED) is 0.587. The molecule has 3 heterocycles. The van der Waals surface area contributed by atoms with Crippen molar-refractivity contribution in [2.24, 2.45) is 0 Å². The number of hydrogen-bond acceptors (Lipinski definition) is 6. The minimum atomic E-state index is -0.404. The number of thiazole rings is 1. The van der Waals surface area contributed by atoms with E-state index >= 15 is 0 Å². The first-order chi connectivity index (χ1) is 12.9. The van der Waals surface area contributed by atoms with Gasteiger partial charge < -0.3 is 0 Å². The number of amides is 1. The minimum absolute atomic E-state index is 0.0686. The fourth-order valence-corrected chi connectivity index (χ4v) is 3.49. The highest BCUT2D eigenvalue weighted by molar-refractivity contribution is 7.14. The Morgan fingerprint density at radius 3 is 2.63 bits per heavy atom. The van der Waals surface area contributed by atoms with Gasteiger partial charge in [0.1, 0.15) is 0 Å². The van der Waals surface area contributed by atoms with Gasteiger partial charge in [-0.3, -0.25) is 10.1 Å². The van der Waals surface area contributed by atoms with E-state index in [2.05, 4.69) is 51.3 Å². The molecule has 8 heteroatoms. The van der Waals surface area contributed by atoms with Gasteiger partial charge in [0.25, 0.3) is 11.7 Å². The van der Waals surface area contributed by atoms with Crippen molar-refractivity contribution in [1.29, 1.82) is 0 Å². The number of anilines is 1. The molecule has 0 unspecified atom stereocenters. The third-order valence-corrected chi connectivity index (χ3v) is 5.11. The fraction of sp³-hybridized carbons (Fsp3) is 0.211. The smallest absolute Gasteiger partial charge is 0.295 e. The van der Waals surface area contributed by atoms with Crippen LogP contribution in [-0.4, -0.2) is 30.5 Å². The van der Waals surface area contributed by atoms with Crippen LogP contribution in [0.25, 0.3) is 17.0 Å². The van der Waals surface area contributed by atoms with Crippen molar-refractivity contribution in [3.8, 4) is 11.3 Å². The summed E-state index contributed by atoms with van der Waals surface area (Å²) in [6.07, 6.45) is 0. The molecule has 0 spiro atoms. The maximum Gasteiger partial charge on any atom is 0.297 e. The van der Waals surface area contributed by atoms with E-state index in [4.69, 9.17) is 0 Å². The van der Waals surface area contributed by atoms with Crippen LogP contribution in [-0.2, 0) is 0 Å². The molecule has 0 aliphatic heterocycles. The SMILES string of the molecule is Cc1cc(C)n2nc(C(=O)Nc3nc(-c4ccc(C)c(C)c4)cs3)nc2n1. The number of carbonyl (C=O) groups is 1. The van der Waals surface area contributed by atoms with Gasteiger partial charge in [0, 0.05) is 22.3 Å². The monoisotopic (exact) mass is 378 g/mol. The first-order valence-corrected chi connectivity index (χ1v) is 9.34. The number of fused-ring (bicyclic) bond motifs is 1. The fourth-order valence-electron chi connectivity index (χ4n) is 2.78. The molecule has 0 fully saturated rings. The molecule has 7 nitrogen and oxygen atoms in total. The van der Waals surface area contributed by atoms with Crippen molar-refractivity contribution in [3.05, 3.63) is 58.0 Å². The lowest BCUT2D eigenvalue weighted by atomic mass is 10.1. The summed E-state index contributed by atoms with van der Waals surface area (Å²) in [4.78, 5) is 25.5. The van der Waals surface area contributed by atoms with Crippen LogP contribution in [0, 0.1) is 27.7 Å². The lowest BCUT2D eigenvalue weighted by Gasteiger charge is -2.02. The number of aryl methyl sites for hydroxylation is 4. The predicted octanol–water partition coefficient (Wildman–Crippen LogP) is 3.73. The van der Waals surface area contributed by atoms with Crippen LogP contribution in [0.4, 0.5) is 5.13 Å². The topological polar surface area (TPSA) is 85.1 Å². The van der Waals surface area contributed by atoms with Crippen molar-refractivity contribution in [2.45, 2.75) is 27.7 Å².